The molecule has 3 atom stereocenters. The summed E-state index contributed by atoms with van der Waals surface area (Å²) >= 11 is 0. The first kappa shape index (κ1) is 26.1. The Labute approximate surface area is 215 Å². The van der Waals surface area contributed by atoms with Crippen molar-refractivity contribution in [2.45, 2.75) is 39.0 Å². The number of nitrogens with one attached hydrogen (secondary N) is 1. The van der Waals surface area contributed by atoms with E-state index in [4.69, 9.17) is 14.2 Å². The number of benzene rings is 2. The molecular formula is C29H30FNO6. The van der Waals surface area contributed by atoms with Gasteiger partial charge in [0.1, 0.15) is 17.5 Å². The number of ether oxygens (including phenoxy) is 3. The SMILES string of the molecule is CCOC(=O)C1=C(C)NC2=C(C(=O)[C@H](C(=O)OCC)[C@@H](c3cccc(OC)c3)C2)[C@H]1c1ccc(F)cc1. The molecule has 0 fully saturated rings. The molecule has 0 unspecified atom stereocenters. The van der Waals surface area contributed by atoms with Crippen LogP contribution in [-0.4, -0.2) is 38.0 Å². The molecule has 0 bridgehead atoms. The van der Waals surface area contributed by atoms with Gasteiger partial charge >= 0.3 is 11.9 Å². The van der Waals surface area contributed by atoms with Crippen LogP contribution in [0.5, 0.6) is 5.75 Å². The molecule has 2 aromatic carbocycles. The van der Waals surface area contributed by atoms with Crippen LogP contribution in [0.1, 0.15) is 50.2 Å². The molecule has 1 heterocycles. The second-order valence-electron chi connectivity index (χ2n) is 8.94. The number of esters is 2. The summed E-state index contributed by atoms with van der Waals surface area (Å²) in [5, 5.41) is 3.25. The van der Waals surface area contributed by atoms with E-state index in [1.807, 2.05) is 18.2 Å². The molecule has 0 amide bonds. The average molecular weight is 508 g/mol. The molecule has 0 aromatic heterocycles. The number of Topliss-reactive ketones (excluding diaryl/α,β-unsaturated/α-hetero) is 1. The van der Waals surface area contributed by atoms with Gasteiger partial charge in [0.2, 0.25) is 0 Å². The Morgan fingerprint density at radius 1 is 1.03 bits per heavy atom. The van der Waals surface area contributed by atoms with Crippen LogP contribution in [0.4, 0.5) is 4.39 Å². The van der Waals surface area contributed by atoms with Crippen molar-refractivity contribution in [3.63, 3.8) is 0 Å². The highest BCUT2D eigenvalue weighted by Gasteiger charge is 2.49. The maximum Gasteiger partial charge on any atom is 0.336 e. The zero-order valence-corrected chi connectivity index (χ0v) is 21.3. The summed E-state index contributed by atoms with van der Waals surface area (Å²) in [4.78, 5) is 40.5. The smallest absolute Gasteiger partial charge is 0.336 e. The van der Waals surface area contributed by atoms with Crippen molar-refractivity contribution in [3.05, 3.63) is 88.0 Å². The van der Waals surface area contributed by atoms with Crippen molar-refractivity contribution in [3.8, 4) is 5.75 Å². The number of carbonyl (C=O) groups excluding carboxylic acids is 3. The molecule has 1 aliphatic heterocycles. The maximum atomic E-state index is 14.2. The minimum atomic E-state index is -1.13. The minimum absolute atomic E-state index is 0.117. The van der Waals surface area contributed by atoms with E-state index in [9.17, 15) is 18.8 Å². The number of methoxy groups -OCH3 is 1. The fourth-order valence-electron chi connectivity index (χ4n) is 5.19. The number of ketones is 1. The Balaban J connectivity index is 1.89. The summed E-state index contributed by atoms with van der Waals surface area (Å²) in [6, 6.07) is 12.9. The fraction of sp³-hybridized carbons (Fsp3) is 0.345. The third-order valence-corrected chi connectivity index (χ3v) is 6.78. The molecule has 7 nitrogen and oxygen atoms in total. The Morgan fingerprint density at radius 3 is 2.38 bits per heavy atom. The van der Waals surface area contributed by atoms with Crippen LogP contribution in [0.3, 0.4) is 0 Å². The van der Waals surface area contributed by atoms with E-state index in [0.29, 0.717) is 29.1 Å². The summed E-state index contributed by atoms with van der Waals surface area (Å²) < 4.78 is 29.8. The van der Waals surface area contributed by atoms with Gasteiger partial charge in [-0.3, -0.25) is 9.59 Å². The largest absolute Gasteiger partial charge is 0.497 e. The molecule has 2 aliphatic rings. The lowest BCUT2D eigenvalue weighted by molar-refractivity contribution is -0.152. The lowest BCUT2D eigenvalue weighted by atomic mass is 9.67. The monoisotopic (exact) mass is 507 g/mol. The van der Waals surface area contributed by atoms with Gasteiger partial charge in [0.25, 0.3) is 0 Å². The maximum absolute atomic E-state index is 14.2. The van der Waals surface area contributed by atoms with E-state index in [2.05, 4.69) is 5.32 Å². The second kappa shape index (κ2) is 11.0. The van der Waals surface area contributed by atoms with Crippen LogP contribution in [0.25, 0.3) is 0 Å². The normalized spacial score (nSPS) is 21.2. The van der Waals surface area contributed by atoms with Crippen molar-refractivity contribution in [1.29, 1.82) is 0 Å². The van der Waals surface area contributed by atoms with Crippen molar-refractivity contribution >= 4 is 17.7 Å². The van der Waals surface area contributed by atoms with Gasteiger partial charge in [-0.2, -0.15) is 0 Å². The van der Waals surface area contributed by atoms with Crippen LogP contribution in [0.15, 0.2) is 71.1 Å². The van der Waals surface area contributed by atoms with E-state index in [-0.39, 0.29) is 24.4 Å². The van der Waals surface area contributed by atoms with Gasteiger partial charge in [-0.25, -0.2) is 9.18 Å². The Hall–Kier alpha value is -3.94. The lowest BCUT2D eigenvalue weighted by Crippen LogP contribution is -2.43. The Morgan fingerprint density at radius 2 is 1.73 bits per heavy atom. The van der Waals surface area contributed by atoms with Gasteiger partial charge in [-0.1, -0.05) is 24.3 Å². The number of hydrogen-bond donors (Lipinski definition) is 1. The Bertz CT molecular complexity index is 1280. The molecule has 8 heteroatoms. The van der Waals surface area contributed by atoms with E-state index in [0.717, 1.165) is 5.56 Å². The predicted octanol–water partition coefficient (Wildman–Crippen LogP) is 4.55. The van der Waals surface area contributed by atoms with Crippen molar-refractivity contribution in [2.24, 2.45) is 5.92 Å². The zero-order valence-electron chi connectivity index (χ0n) is 21.3. The van der Waals surface area contributed by atoms with Gasteiger partial charge in [0.15, 0.2) is 5.78 Å². The predicted molar refractivity (Wildman–Crippen MR) is 134 cm³/mol. The summed E-state index contributed by atoms with van der Waals surface area (Å²) in [7, 11) is 1.55. The summed E-state index contributed by atoms with van der Waals surface area (Å²) in [5.41, 5.74) is 3.00. The number of halogens is 1. The first-order valence-corrected chi connectivity index (χ1v) is 12.3. The highest BCUT2D eigenvalue weighted by molar-refractivity contribution is 6.13. The third kappa shape index (κ3) is 5.01. The third-order valence-electron chi connectivity index (χ3n) is 6.78. The van der Waals surface area contributed by atoms with E-state index >= 15 is 0 Å². The molecular weight excluding hydrogens is 477 g/mol. The molecule has 194 valence electrons. The van der Waals surface area contributed by atoms with Crippen LogP contribution in [0.2, 0.25) is 0 Å². The van der Waals surface area contributed by atoms with Crippen LogP contribution < -0.4 is 10.1 Å². The Kier molecular flexibility index (Phi) is 7.76. The van der Waals surface area contributed by atoms with Gasteiger partial charge in [-0.15, -0.1) is 0 Å². The number of carbonyl (C=O) groups is 3. The van der Waals surface area contributed by atoms with Crippen molar-refractivity contribution in [1.82, 2.24) is 5.32 Å². The van der Waals surface area contributed by atoms with E-state index in [1.54, 1.807) is 46.1 Å². The molecule has 4 rings (SSSR count). The minimum Gasteiger partial charge on any atom is -0.497 e. The summed E-state index contributed by atoms with van der Waals surface area (Å²) in [6.45, 7) is 5.39. The molecule has 0 spiro atoms. The summed E-state index contributed by atoms with van der Waals surface area (Å²) in [6.07, 6.45) is 0.322. The summed E-state index contributed by atoms with van der Waals surface area (Å²) in [5.74, 6) is -3.96. The van der Waals surface area contributed by atoms with E-state index < -0.39 is 41.3 Å². The van der Waals surface area contributed by atoms with Gasteiger partial charge in [-0.05, 0) is 62.6 Å². The molecule has 0 radical (unpaired) electrons. The van der Waals surface area contributed by atoms with Crippen LogP contribution in [0, 0.1) is 11.7 Å². The van der Waals surface area contributed by atoms with Gasteiger partial charge < -0.3 is 19.5 Å². The highest BCUT2D eigenvalue weighted by Crippen LogP contribution is 2.48. The van der Waals surface area contributed by atoms with Crippen molar-refractivity contribution < 1.29 is 33.0 Å². The van der Waals surface area contributed by atoms with Gasteiger partial charge in [0.05, 0.1) is 25.9 Å². The fourth-order valence-corrected chi connectivity index (χ4v) is 5.19. The van der Waals surface area contributed by atoms with Crippen molar-refractivity contribution in [2.75, 3.05) is 20.3 Å². The topological polar surface area (TPSA) is 90.9 Å². The molecule has 0 saturated heterocycles. The highest BCUT2D eigenvalue weighted by atomic mass is 19.1. The molecule has 0 saturated carbocycles. The molecule has 37 heavy (non-hydrogen) atoms. The first-order valence-electron chi connectivity index (χ1n) is 12.3. The van der Waals surface area contributed by atoms with Crippen LogP contribution >= 0.6 is 0 Å². The molecule has 1 N–H and O–H groups in total. The second-order valence-corrected chi connectivity index (χ2v) is 8.94. The standard InChI is InChI=1S/C29H30FNO6/c1-5-36-28(33)23-16(3)31-22-15-21(18-8-7-9-20(14-18)35-4)25(29(34)37-6-2)27(32)26(22)24(23)17-10-12-19(30)13-11-17/h7-14,21,24-25,31H,5-6,15H2,1-4H3/t21-,24+,25-/m1/s1. The van der Waals surface area contributed by atoms with Gasteiger partial charge in [0, 0.05) is 28.8 Å². The number of allylic oxidation sites excluding steroid dienone is 3. The zero-order chi connectivity index (χ0) is 26.7. The molecule has 1 aliphatic carbocycles. The lowest BCUT2D eigenvalue weighted by Gasteiger charge is -2.39. The molecule has 2 aromatic rings. The number of dihydropyridines is 1. The quantitative estimate of drug-likeness (QED) is 0.434. The first-order chi connectivity index (χ1) is 17.8. The van der Waals surface area contributed by atoms with E-state index in [1.165, 1.54) is 12.1 Å². The number of hydrogen-bond acceptors (Lipinski definition) is 7. The number of rotatable bonds is 7. The average Bonchev–Trinajstić information content (AvgIpc) is 2.88. The van der Waals surface area contributed by atoms with Crippen LogP contribution in [-0.2, 0) is 23.9 Å².